The van der Waals surface area contributed by atoms with Gasteiger partial charge in [-0.2, -0.15) is 11.3 Å². The Bertz CT molecular complexity index is 637. The summed E-state index contributed by atoms with van der Waals surface area (Å²) in [5.74, 6) is 1.03. The fourth-order valence-corrected chi connectivity index (χ4v) is 3.76. The molecular weight excluding hydrogens is 292 g/mol. The van der Waals surface area contributed by atoms with Gasteiger partial charge in [0.1, 0.15) is 16.4 Å². The topological polar surface area (TPSA) is 63.1 Å². The van der Waals surface area contributed by atoms with Crippen molar-refractivity contribution < 1.29 is 9.90 Å². The SMILES string of the molecule is Cc1nc(C2CC2)nc(SCc2ccsc2)c1C(=O)O. The second-order valence-electron chi connectivity index (χ2n) is 4.85. The molecule has 1 fully saturated rings. The fraction of sp³-hybridized carbons (Fsp3) is 0.357. The lowest BCUT2D eigenvalue weighted by Gasteiger charge is -2.09. The van der Waals surface area contributed by atoms with Gasteiger partial charge in [-0.3, -0.25) is 0 Å². The molecule has 0 amide bonds. The minimum Gasteiger partial charge on any atom is -0.478 e. The molecule has 3 rings (SSSR count). The molecule has 104 valence electrons. The molecular formula is C14H14N2O2S2. The number of carboxylic acid groups (broad SMARTS) is 1. The summed E-state index contributed by atoms with van der Waals surface area (Å²) in [4.78, 5) is 20.3. The zero-order valence-electron chi connectivity index (χ0n) is 11.0. The minimum atomic E-state index is -0.947. The van der Waals surface area contributed by atoms with Crippen LogP contribution in [0.2, 0.25) is 0 Å². The summed E-state index contributed by atoms with van der Waals surface area (Å²) < 4.78 is 0. The summed E-state index contributed by atoms with van der Waals surface area (Å²) in [5, 5.41) is 14.0. The Balaban J connectivity index is 1.91. The summed E-state index contributed by atoms with van der Waals surface area (Å²) in [6.07, 6.45) is 2.22. The lowest BCUT2D eigenvalue weighted by atomic mass is 10.2. The standard InChI is InChI=1S/C14H14N2O2S2/c1-8-11(14(17)18)13(16-12(15-8)10-2-3-10)20-7-9-4-5-19-6-9/h4-6,10H,2-3,7H2,1H3,(H,17,18). The summed E-state index contributed by atoms with van der Waals surface area (Å²) in [6.45, 7) is 1.76. The molecule has 1 N–H and O–H groups in total. The molecule has 6 heteroatoms. The molecule has 1 saturated carbocycles. The second kappa shape index (κ2) is 5.54. The van der Waals surface area contributed by atoms with Crippen LogP contribution in [0.1, 0.15) is 46.2 Å². The van der Waals surface area contributed by atoms with Crippen LogP contribution < -0.4 is 0 Å². The molecule has 0 atom stereocenters. The molecule has 2 aromatic heterocycles. The molecule has 0 aliphatic heterocycles. The minimum absolute atomic E-state index is 0.245. The van der Waals surface area contributed by atoms with E-state index in [4.69, 9.17) is 0 Å². The first kappa shape index (κ1) is 13.6. The Labute approximate surface area is 125 Å². The first-order chi connectivity index (χ1) is 9.65. The predicted octanol–water partition coefficient (Wildman–Crippen LogP) is 3.71. The van der Waals surface area contributed by atoms with Gasteiger partial charge in [-0.05, 0) is 42.2 Å². The van der Waals surface area contributed by atoms with E-state index in [9.17, 15) is 9.90 Å². The molecule has 2 aromatic rings. The number of carbonyl (C=O) groups is 1. The van der Waals surface area contributed by atoms with E-state index in [0.717, 1.165) is 24.4 Å². The lowest BCUT2D eigenvalue weighted by Crippen LogP contribution is -2.09. The normalized spacial score (nSPS) is 14.4. The highest BCUT2D eigenvalue weighted by Gasteiger charge is 2.29. The number of aromatic nitrogens is 2. The Morgan fingerprint density at radius 2 is 2.30 bits per heavy atom. The lowest BCUT2D eigenvalue weighted by molar-refractivity contribution is 0.0690. The molecule has 1 aliphatic carbocycles. The van der Waals surface area contributed by atoms with Gasteiger partial charge in [0.05, 0.1) is 5.69 Å². The van der Waals surface area contributed by atoms with Gasteiger partial charge in [-0.1, -0.05) is 0 Å². The van der Waals surface area contributed by atoms with Crippen LogP contribution in [-0.2, 0) is 5.75 Å². The number of hydrogen-bond donors (Lipinski definition) is 1. The number of nitrogens with zero attached hydrogens (tertiary/aromatic N) is 2. The highest BCUT2D eigenvalue weighted by atomic mass is 32.2. The fourth-order valence-electron chi connectivity index (χ4n) is 1.97. The van der Waals surface area contributed by atoms with Crippen LogP contribution in [0.4, 0.5) is 0 Å². The molecule has 1 aliphatic rings. The molecule has 2 heterocycles. The van der Waals surface area contributed by atoms with Gasteiger partial charge in [0.25, 0.3) is 0 Å². The Morgan fingerprint density at radius 3 is 2.90 bits per heavy atom. The number of hydrogen-bond acceptors (Lipinski definition) is 5. The maximum atomic E-state index is 11.4. The summed E-state index contributed by atoms with van der Waals surface area (Å²) in [5.41, 5.74) is 2.01. The second-order valence-corrected chi connectivity index (χ2v) is 6.59. The van der Waals surface area contributed by atoms with Gasteiger partial charge in [0.2, 0.25) is 0 Å². The Kier molecular flexibility index (Phi) is 3.76. The van der Waals surface area contributed by atoms with Gasteiger partial charge < -0.3 is 5.11 Å². The third-order valence-corrected chi connectivity index (χ3v) is 4.96. The highest BCUT2D eigenvalue weighted by molar-refractivity contribution is 7.98. The summed E-state index contributed by atoms with van der Waals surface area (Å²) in [6, 6.07) is 2.05. The van der Waals surface area contributed by atoms with E-state index in [1.807, 2.05) is 11.4 Å². The van der Waals surface area contributed by atoms with Crippen molar-refractivity contribution in [3.8, 4) is 0 Å². The van der Waals surface area contributed by atoms with Crippen molar-refractivity contribution in [2.75, 3.05) is 0 Å². The maximum Gasteiger partial charge on any atom is 0.340 e. The van der Waals surface area contributed by atoms with E-state index in [0.29, 0.717) is 16.6 Å². The van der Waals surface area contributed by atoms with E-state index >= 15 is 0 Å². The van der Waals surface area contributed by atoms with Crippen molar-refractivity contribution in [3.05, 3.63) is 39.5 Å². The number of aromatic carboxylic acids is 1. The van der Waals surface area contributed by atoms with Crippen LogP contribution in [0.3, 0.4) is 0 Å². The van der Waals surface area contributed by atoms with Crippen molar-refractivity contribution in [2.24, 2.45) is 0 Å². The van der Waals surface area contributed by atoms with Gasteiger partial charge >= 0.3 is 5.97 Å². The molecule has 0 spiro atoms. The first-order valence-corrected chi connectivity index (χ1v) is 8.33. The van der Waals surface area contributed by atoms with Crippen LogP contribution in [-0.4, -0.2) is 21.0 Å². The van der Waals surface area contributed by atoms with Crippen LogP contribution in [0.5, 0.6) is 0 Å². The molecule has 0 aromatic carbocycles. The van der Waals surface area contributed by atoms with Crippen LogP contribution in [0.25, 0.3) is 0 Å². The highest BCUT2D eigenvalue weighted by Crippen LogP contribution is 2.39. The van der Waals surface area contributed by atoms with Crippen LogP contribution in [0, 0.1) is 6.92 Å². The quantitative estimate of drug-likeness (QED) is 0.674. The maximum absolute atomic E-state index is 11.4. The third-order valence-electron chi connectivity index (χ3n) is 3.19. The van der Waals surface area contributed by atoms with Crippen molar-refractivity contribution in [3.63, 3.8) is 0 Å². The van der Waals surface area contributed by atoms with Gasteiger partial charge in [-0.25, -0.2) is 14.8 Å². The van der Waals surface area contributed by atoms with Crippen molar-refractivity contribution in [1.82, 2.24) is 9.97 Å². The summed E-state index contributed by atoms with van der Waals surface area (Å²) >= 11 is 3.13. The first-order valence-electron chi connectivity index (χ1n) is 6.41. The number of aryl methyl sites for hydroxylation is 1. The molecule has 0 bridgehead atoms. The van der Waals surface area contributed by atoms with Crippen molar-refractivity contribution in [1.29, 1.82) is 0 Å². The van der Waals surface area contributed by atoms with Crippen LogP contribution in [0.15, 0.2) is 21.9 Å². The smallest absolute Gasteiger partial charge is 0.340 e. The zero-order valence-corrected chi connectivity index (χ0v) is 12.6. The van der Waals surface area contributed by atoms with Gasteiger partial charge in [0, 0.05) is 11.7 Å². The van der Waals surface area contributed by atoms with Crippen LogP contribution >= 0.6 is 23.1 Å². The van der Waals surface area contributed by atoms with E-state index in [1.165, 1.54) is 17.3 Å². The number of carboxylic acids is 1. The molecule has 4 nitrogen and oxygen atoms in total. The van der Waals surface area contributed by atoms with Gasteiger partial charge in [-0.15, -0.1) is 11.8 Å². The third kappa shape index (κ3) is 2.86. The molecule has 0 radical (unpaired) electrons. The average Bonchev–Trinajstić information content (AvgIpc) is 3.12. The van der Waals surface area contributed by atoms with E-state index < -0.39 is 5.97 Å². The summed E-state index contributed by atoms with van der Waals surface area (Å²) in [7, 11) is 0. The van der Waals surface area contributed by atoms with E-state index in [1.54, 1.807) is 18.3 Å². The average molecular weight is 306 g/mol. The van der Waals surface area contributed by atoms with Crippen molar-refractivity contribution >= 4 is 29.1 Å². The number of rotatable bonds is 5. The molecule has 20 heavy (non-hydrogen) atoms. The predicted molar refractivity (Wildman–Crippen MR) is 79.6 cm³/mol. The monoisotopic (exact) mass is 306 g/mol. The van der Waals surface area contributed by atoms with Gasteiger partial charge in [0.15, 0.2) is 0 Å². The van der Waals surface area contributed by atoms with Crippen molar-refractivity contribution in [2.45, 2.75) is 36.5 Å². The Hall–Kier alpha value is -1.40. The molecule has 0 unspecified atom stereocenters. The number of thiophene rings is 1. The molecule has 0 saturated heterocycles. The number of thioether (sulfide) groups is 1. The largest absolute Gasteiger partial charge is 0.478 e. The Morgan fingerprint density at radius 1 is 1.50 bits per heavy atom. The zero-order chi connectivity index (χ0) is 14.1. The van der Waals surface area contributed by atoms with E-state index in [2.05, 4.69) is 15.3 Å². The van der Waals surface area contributed by atoms with E-state index in [-0.39, 0.29) is 5.56 Å².